The van der Waals surface area contributed by atoms with E-state index < -0.39 is 11.6 Å². The van der Waals surface area contributed by atoms with Crippen LogP contribution in [0.4, 0.5) is 13.9 Å². The Morgan fingerprint density at radius 3 is 2.77 bits per heavy atom. The number of benzene rings is 1. The summed E-state index contributed by atoms with van der Waals surface area (Å²) in [6, 6.07) is 3.85. The first-order chi connectivity index (χ1) is 10.5. The molecule has 22 heavy (non-hydrogen) atoms. The van der Waals surface area contributed by atoms with Crippen LogP contribution in [0.3, 0.4) is 0 Å². The summed E-state index contributed by atoms with van der Waals surface area (Å²) in [6.45, 7) is 4.69. The molecular weight excluding hydrogens is 308 g/mol. The Hall–Kier alpha value is -1.60. The SMILES string of the molecule is CC(C)c1nnc(NC2CCOC2c2ccc(F)c(F)c2)s1. The summed E-state index contributed by atoms with van der Waals surface area (Å²) in [4.78, 5) is 0. The van der Waals surface area contributed by atoms with Gasteiger partial charge in [-0.2, -0.15) is 0 Å². The molecule has 2 atom stereocenters. The molecule has 2 aromatic rings. The van der Waals surface area contributed by atoms with E-state index in [0.717, 1.165) is 22.6 Å². The smallest absolute Gasteiger partial charge is 0.206 e. The molecular formula is C15H17F2N3OS. The van der Waals surface area contributed by atoms with Crippen LogP contribution in [0.1, 0.15) is 42.9 Å². The van der Waals surface area contributed by atoms with Crippen LogP contribution in [-0.2, 0) is 4.74 Å². The van der Waals surface area contributed by atoms with Crippen LogP contribution >= 0.6 is 11.3 Å². The van der Waals surface area contributed by atoms with Gasteiger partial charge in [0, 0.05) is 12.5 Å². The number of nitrogens with zero attached hydrogens (tertiary/aromatic N) is 2. The summed E-state index contributed by atoms with van der Waals surface area (Å²) in [6.07, 6.45) is 0.460. The van der Waals surface area contributed by atoms with Gasteiger partial charge in [-0.15, -0.1) is 10.2 Å². The van der Waals surface area contributed by atoms with Gasteiger partial charge in [0.1, 0.15) is 11.1 Å². The minimum atomic E-state index is -0.857. The lowest BCUT2D eigenvalue weighted by Crippen LogP contribution is -2.23. The molecule has 0 aliphatic carbocycles. The highest BCUT2D eigenvalue weighted by atomic mass is 32.1. The van der Waals surface area contributed by atoms with Gasteiger partial charge >= 0.3 is 0 Å². The molecule has 0 bridgehead atoms. The van der Waals surface area contributed by atoms with Crippen LogP contribution in [-0.4, -0.2) is 22.8 Å². The summed E-state index contributed by atoms with van der Waals surface area (Å²) in [5.74, 6) is -1.38. The predicted octanol–water partition coefficient (Wildman–Crippen LogP) is 3.88. The number of hydrogen-bond donors (Lipinski definition) is 1. The Bertz CT molecular complexity index is 662. The van der Waals surface area contributed by atoms with Crippen molar-refractivity contribution in [3.63, 3.8) is 0 Å². The molecule has 1 fully saturated rings. The lowest BCUT2D eigenvalue weighted by atomic mass is 10.0. The minimum absolute atomic E-state index is 0.0298. The highest BCUT2D eigenvalue weighted by Gasteiger charge is 2.31. The van der Waals surface area contributed by atoms with Crippen molar-refractivity contribution in [2.24, 2.45) is 0 Å². The molecule has 1 aliphatic rings. The van der Waals surface area contributed by atoms with E-state index in [-0.39, 0.29) is 12.1 Å². The number of anilines is 1. The van der Waals surface area contributed by atoms with Crippen molar-refractivity contribution in [2.45, 2.75) is 38.3 Å². The Morgan fingerprint density at radius 2 is 2.09 bits per heavy atom. The zero-order valence-corrected chi connectivity index (χ0v) is 13.2. The first-order valence-electron chi connectivity index (χ1n) is 7.21. The lowest BCUT2D eigenvalue weighted by molar-refractivity contribution is 0.107. The molecule has 4 nitrogen and oxygen atoms in total. The normalized spacial score (nSPS) is 21.5. The van der Waals surface area contributed by atoms with E-state index in [1.54, 1.807) is 6.07 Å². The van der Waals surface area contributed by atoms with E-state index >= 15 is 0 Å². The topological polar surface area (TPSA) is 47.0 Å². The molecule has 3 rings (SSSR count). The summed E-state index contributed by atoms with van der Waals surface area (Å²) in [7, 11) is 0. The van der Waals surface area contributed by atoms with E-state index in [1.807, 2.05) is 0 Å². The fourth-order valence-electron chi connectivity index (χ4n) is 2.44. The van der Waals surface area contributed by atoms with Crippen molar-refractivity contribution >= 4 is 16.5 Å². The maximum atomic E-state index is 13.4. The van der Waals surface area contributed by atoms with Crippen LogP contribution in [0.25, 0.3) is 0 Å². The molecule has 0 spiro atoms. The largest absolute Gasteiger partial charge is 0.371 e. The molecule has 118 valence electrons. The molecule has 1 saturated heterocycles. The van der Waals surface area contributed by atoms with Crippen molar-refractivity contribution in [3.8, 4) is 0 Å². The van der Waals surface area contributed by atoms with Crippen molar-refractivity contribution in [1.82, 2.24) is 10.2 Å². The van der Waals surface area contributed by atoms with Crippen LogP contribution in [0.5, 0.6) is 0 Å². The van der Waals surface area contributed by atoms with Crippen molar-refractivity contribution in [2.75, 3.05) is 11.9 Å². The molecule has 0 saturated carbocycles. The highest BCUT2D eigenvalue weighted by molar-refractivity contribution is 7.15. The fourth-order valence-corrected chi connectivity index (χ4v) is 3.25. The van der Waals surface area contributed by atoms with E-state index in [2.05, 4.69) is 29.4 Å². The number of halogens is 2. The van der Waals surface area contributed by atoms with Crippen molar-refractivity contribution in [1.29, 1.82) is 0 Å². The van der Waals surface area contributed by atoms with Gasteiger partial charge in [-0.05, 0) is 24.1 Å². The van der Waals surface area contributed by atoms with E-state index in [0.29, 0.717) is 18.1 Å². The Balaban J connectivity index is 1.76. The molecule has 1 aromatic heterocycles. The summed E-state index contributed by atoms with van der Waals surface area (Å²) >= 11 is 1.51. The summed E-state index contributed by atoms with van der Waals surface area (Å²) in [5, 5.41) is 13.3. The quantitative estimate of drug-likeness (QED) is 0.926. The van der Waals surface area contributed by atoms with Crippen LogP contribution < -0.4 is 5.32 Å². The second-order valence-electron chi connectivity index (χ2n) is 5.60. The van der Waals surface area contributed by atoms with E-state index in [4.69, 9.17) is 4.74 Å². The molecule has 2 unspecified atom stereocenters. The Labute approximate surface area is 131 Å². The zero-order valence-electron chi connectivity index (χ0n) is 12.3. The van der Waals surface area contributed by atoms with Gasteiger partial charge in [0.2, 0.25) is 5.13 Å². The fraction of sp³-hybridized carbons (Fsp3) is 0.467. The number of hydrogen-bond acceptors (Lipinski definition) is 5. The standard InChI is InChI=1S/C15H17F2N3OS/c1-8(2)14-19-20-15(22-14)18-12-5-6-21-13(12)9-3-4-10(16)11(17)7-9/h3-4,7-8,12-13H,5-6H2,1-2H3,(H,18,20). The molecule has 0 amide bonds. The van der Waals surface area contributed by atoms with Crippen LogP contribution in [0, 0.1) is 11.6 Å². The third-order valence-electron chi connectivity index (χ3n) is 3.61. The minimum Gasteiger partial charge on any atom is -0.371 e. The number of aromatic nitrogens is 2. The molecule has 7 heteroatoms. The highest BCUT2D eigenvalue weighted by Crippen LogP contribution is 2.33. The molecule has 1 aromatic carbocycles. The predicted molar refractivity (Wildman–Crippen MR) is 81.1 cm³/mol. The van der Waals surface area contributed by atoms with Crippen LogP contribution in [0.2, 0.25) is 0 Å². The number of nitrogens with one attached hydrogen (secondary N) is 1. The van der Waals surface area contributed by atoms with Gasteiger partial charge < -0.3 is 10.1 Å². The summed E-state index contributed by atoms with van der Waals surface area (Å²) < 4.78 is 32.1. The van der Waals surface area contributed by atoms with Crippen molar-refractivity contribution < 1.29 is 13.5 Å². The monoisotopic (exact) mass is 325 g/mol. The van der Waals surface area contributed by atoms with Gasteiger partial charge in [-0.25, -0.2) is 8.78 Å². The molecule has 0 radical (unpaired) electrons. The molecule has 1 N–H and O–H groups in total. The van der Waals surface area contributed by atoms with Gasteiger partial charge in [0.25, 0.3) is 0 Å². The maximum Gasteiger partial charge on any atom is 0.206 e. The van der Waals surface area contributed by atoms with Gasteiger partial charge in [0.15, 0.2) is 11.6 Å². The second kappa shape index (κ2) is 6.26. The van der Waals surface area contributed by atoms with Gasteiger partial charge in [-0.3, -0.25) is 0 Å². The molecule has 2 heterocycles. The average molecular weight is 325 g/mol. The first-order valence-corrected chi connectivity index (χ1v) is 8.02. The third-order valence-corrected chi connectivity index (χ3v) is 4.76. The first kappa shape index (κ1) is 15.3. The zero-order chi connectivity index (χ0) is 15.7. The Morgan fingerprint density at radius 1 is 1.27 bits per heavy atom. The van der Waals surface area contributed by atoms with Gasteiger partial charge in [0.05, 0.1) is 6.04 Å². The van der Waals surface area contributed by atoms with Crippen molar-refractivity contribution in [3.05, 3.63) is 40.4 Å². The van der Waals surface area contributed by atoms with E-state index in [9.17, 15) is 8.78 Å². The summed E-state index contributed by atoms with van der Waals surface area (Å²) in [5.41, 5.74) is 0.627. The van der Waals surface area contributed by atoms with Crippen LogP contribution in [0.15, 0.2) is 18.2 Å². The lowest BCUT2D eigenvalue weighted by Gasteiger charge is -2.19. The number of rotatable bonds is 4. The second-order valence-corrected chi connectivity index (χ2v) is 6.61. The maximum absolute atomic E-state index is 13.4. The molecule has 1 aliphatic heterocycles. The average Bonchev–Trinajstić information content (AvgIpc) is 3.12. The number of ether oxygens (including phenoxy) is 1. The third kappa shape index (κ3) is 3.10. The Kier molecular flexibility index (Phi) is 4.35. The van der Waals surface area contributed by atoms with Gasteiger partial charge in [-0.1, -0.05) is 31.3 Å². The van der Waals surface area contributed by atoms with E-state index in [1.165, 1.54) is 17.4 Å².